The largest absolute Gasteiger partial charge is 0.497 e. The number of carboxylic acids is 1. The number of aliphatic imine (C=N–C) groups is 1. The van der Waals surface area contributed by atoms with E-state index in [2.05, 4.69) is 11.9 Å². The Labute approximate surface area is 134 Å². The van der Waals surface area contributed by atoms with E-state index in [4.69, 9.17) is 9.84 Å². The van der Waals surface area contributed by atoms with Gasteiger partial charge in [-0.1, -0.05) is 0 Å². The highest BCUT2D eigenvalue weighted by atomic mass is 32.1. The first-order valence-electron chi connectivity index (χ1n) is 6.98. The second-order valence-corrected chi connectivity index (χ2v) is 5.87. The van der Waals surface area contributed by atoms with Crippen LogP contribution in [-0.2, 0) is 4.79 Å². The molecule has 22 heavy (non-hydrogen) atoms. The number of thiophene rings is 1. The molecule has 1 aromatic heterocycles. The molecule has 1 N–H and O–H groups in total. The van der Waals surface area contributed by atoms with Gasteiger partial charge in [0.25, 0.3) is 0 Å². The summed E-state index contributed by atoms with van der Waals surface area (Å²) >= 11 is 1.66. The molecule has 0 radical (unpaired) electrons. The van der Waals surface area contributed by atoms with Gasteiger partial charge in [0.05, 0.1) is 13.5 Å². The number of carbonyl (C=O) groups is 1. The lowest BCUT2D eigenvalue weighted by Gasteiger charge is -2.09. The van der Waals surface area contributed by atoms with Crippen LogP contribution in [0.1, 0.15) is 24.5 Å². The van der Waals surface area contributed by atoms with E-state index >= 15 is 0 Å². The van der Waals surface area contributed by atoms with E-state index in [1.165, 1.54) is 0 Å². The van der Waals surface area contributed by atoms with Crippen molar-refractivity contribution in [1.82, 2.24) is 0 Å². The quantitative estimate of drug-likeness (QED) is 0.819. The summed E-state index contributed by atoms with van der Waals surface area (Å²) in [4.78, 5) is 16.1. The molecule has 0 saturated carbocycles. The Hall–Kier alpha value is -2.14. The Morgan fingerprint density at radius 1 is 1.36 bits per heavy atom. The predicted molar refractivity (Wildman–Crippen MR) is 90.4 cm³/mol. The highest BCUT2D eigenvalue weighted by Crippen LogP contribution is 2.34. The maximum absolute atomic E-state index is 10.6. The topological polar surface area (TPSA) is 58.9 Å². The summed E-state index contributed by atoms with van der Waals surface area (Å²) in [5.41, 5.74) is 4.22. The van der Waals surface area contributed by atoms with Crippen LogP contribution in [0, 0.1) is 6.92 Å². The number of benzene rings is 1. The standard InChI is InChI=1S/C17H19NO3S/c1-11-10-13(21-3)4-5-14(11)17-15(7-9-22-17)12(2)18-8-6-16(19)20/h4-5,7,9-10H,6,8H2,1-3H3,(H,19,20)/b18-12+. The van der Waals surface area contributed by atoms with Crippen LogP contribution >= 0.6 is 11.3 Å². The zero-order valence-corrected chi connectivity index (χ0v) is 13.7. The van der Waals surface area contributed by atoms with Gasteiger partial charge in [0, 0.05) is 22.7 Å². The van der Waals surface area contributed by atoms with E-state index in [1.54, 1.807) is 18.4 Å². The van der Waals surface area contributed by atoms with Crippen molar-refractivity contribution in [2.45, 2.75) is 20.3 Å². The maximum Gasteiger partial charge on any atom is 0.305 e. The Morgan fingerprint density at radius 3 is 2.77 bits per heavy atom. The third-order valence-electron chi connectivity index (χ3n) is 3.41. The van der Waals surface area contributed by atoms with Crippen molar-refractivity contribution in [2.24, 2.45) is 4.99 Å². The molecule has 0 spiro atoms. The molecular formula is C17H19NO3S. The molecule has 0 saturated heterocycles. The summed E-state index contributed by atoms with van der Waals surface area (Å²) in [6.45, 7) is 4.28. The van der Waals surface area contributed by atoms with Crippen LogP contribution in [-0.4, -0.2) is 30.4 Å². The van der Waals surface area contributed by atoms with Gasteiger partial charge in [-0.2, -0.15) is 0 Å². The average Bonchev–Trinajstić information content (AvgIpc) is 2.95. The molecule has 0 atom stereocenters. The lowest BCUT2D eigenvalue weighted by atomic mass is 10.0. The van der Waals surface area contributed by atoms with E-state index in [0.717, 1.165) is 33.0 Å². The molecule has 116 valence electrons. The highest BCUT2D eigenvalue weighted by Gasteiger charge is 2.12. The lowest BCUT2D eigenvalue weighted by Crippen LogP contribution is -2.01. The third-order valence-corrected chi connectivity index (χ3v) is 4.36. The van der Waals surface area contributed by atoms with Crippen LogP contribution in [0.2, 0.25) is 0 Å². The van der Waals surface area contributed by atoms with Gasteiger partial charge < -0.3 is 9.84 Å². The van der Waals surface area contributed by atoms with Crippen LogP contribution in [0.25, 0.3) is 10.4 Å². The fraction of sp³-hybridized carbons (Fsp3) is 0.294. The SMILES string of the molecule is COc1ccc(-c2sccc2/C(C)=N/CCC(=O)O)c(C)c1. The maximum atomic E-state index is 10.6. The van der Waals surface area contributed by atoms with Gasteiger partial charge in [-0.15, -0.1) is 11.3 Å². The van der Waals surface area contributed by atoms with Crippen LogP contribution in [0.15, 0.2) is 34.6 Å². The van der Waals surface area contributed by atoms with Gasteiger partial charge in [0.2, 0.25) is 0 Å². The van der Waals surface area contributed by atoms with Crippen molar-refractivity contribution in [1.29, 1.82) is 0 Å². The Morgan fingerprint density at radius 2 is 2.14 bits per heavy atom. The normalized spacial score (nSPS) is 11.5. The first-order valence-corrected chi connectivity index (χ1v) is 7.86. The van der Waals surface area contributed by atoms with E-state index < -0.39 is 5.97 Å². The minimum atomic E-state index is -0.826. The van der Waals surface area contributed by atoms with Crippen LogP contribution in [0.4, 0.5) is 0 Å². The van der Waals surface area contributed by atoms with Crippen LogP contribution in [0.3, 0.4) is 0 Å². The zero-order chi connectivity index (χ0) is 16.1. The Bertz CT molecular complexity index is 704. The molecule has 0 amide bonds. The van der Waals surface area contributed by atoms with E-state index in [9.17, 15) is 4.79 Å². The number of nitrogens with zero attached hydrogens (tertiary/aromatic N) is 1. The van der Waals surface area contributed by atoms with Gasteiger partial charge >= 0.3 is 5.97 Å². The molecule has 1 aromatic carbocycles. The molecule has 5 heteroatoms. The third kappa shape index (κ3) is 3.74. The van der Waals surface area contributed by atoms with Gasteiger partial charge in [-0.25, -0.2) is 0 Å². The Kier molecular flexibility index (Phi) is 5.33. The average molecular weight is 317 g/mol. The lowest BCUT2D eigenvalue weighted by molar-refractivity contribution is -0.136. The molecule has 0 bridgehead atoms. The number of ether oxygens (including phenoxy) is 1. The first-order chi connectivity index (χ1) is 10.5. The van der Waals surface area contributed by atoms with Gasteiger partial charge in [-0.05, 0) is 54.6 Å². The predicted octanol–water partition coefficient (Wildman–Crippen LogP) is 4.02. The molecule has 0 aliphatic rings. The smallest absolute Gasteiger partial charge is 0.305 e. The van der Waals surface area contributed by atoms with Crippen molar-refractivity contribution in [3.63, 3.8) is 0 Å². The van der Waals surface area contributed by atoms with Gasteiger partial charge in [-0.3, -0.25) is 9.79 Å². The number of aryl methyl sites for hydroxylation is 1. The number of aliphatic carboxylic acids is 1. The number of rotatable bonds is 6. The minimum Gasteiger partial charge on any atom is -0.497 e. The molecule has 0 aliphatic heterocycles. The number of hydrogen-bond donors (Lipinski definition) is 1. The summed E-state index contributed by atoms with van der Waals surface area (Å²) in [5, 5.41) is 10.7. The highest BCUT2D eigenvalue weighted by molar-refractivity contribution is 7.14. The van der Waals surface area contributed by atoms with Crippen molar-refractivity contribution >= 4 is 23.0 Å². The van der Waals surface area contributed by atoms with Crippen LogP contribution in [0.5, 0.6) is 5.75 Å². The minimum absolute atomic E-state index is 0.0539. The fourth-order valence-corrected chi connectivity index (χ4v) is 3.26. The first kappa shape index (κ1) is 16.2. The summed E-state index contributed by atoms with van der Waals surface area (Å²) in [7, 11) is 1.66. The number of methoxy groups -OCH3 is 1. The summed E-state index contributed by atoms with van der Waals surface area (Å²) < 4.78 is 5.24. The summed E-state index contributed by atoms with van der Waals surface area (Å²) in [6.07, 6.45) is 0.0539. The van der Waals surface area contributed by atoms with E-state index in [-0.39, 0.29) is 6.42 Å². The van der Waals surface area contributed by atoms with Gasteiger partial charge in [0.1, 0.15) is 5.75 Å². The second kappa shape index (κ2) is 7.22. The number of hydrogen-bond acceptors (Lipinski definition) is 4. The van der Waals surface area contributed by atoms with Crippen LogP contribution < -0.4 is 4.74 Å². The molecular weight excluding hydrogens is 298 g/mol. The Balaban J connectivity index is 2.31. The zero-order valence-electron chi connectivity index (χ0n) is 12.9. The molecule has 2 aromatic rings. The molecule has 2 rings (SSSR count). The summed E-state index contributed by atoms with van der Waals surface area (Å²) in [6, 6.07) is 8.04. The monoisotopic (exact) mass is 317 g/mol. The molecule has 1 heterocycles. The fourth-order valence-electron chi connectivity index (χ4n) is 2.23. The van der Waals surface area contributed by atoms with Crippen molar-refractivity contribution < 1.29 is 14.6 Å². The van der Waals surface area contributed by atoms with E-state index in [0.29, 0.717) is 6.54 Å². The second-order valence-electron chi connectivity index (χ2n) is 4.96. The molecule has 0 unspecified atom stereocenters. The molecule has 0 aliphatic carbocycles. The van der Waals surface area contributed by atoms with E-state index in [1.807, 2.05) is 36.6 Å². The van der Waals surface area contributed by atoms with Crippen molar-refractivity contribution in [2.75, 3.05) is 13.7 Å². The van der Waals surface area contributed by atoms with Crippen molar-refractivity contribution in [3.8, 4) is 16.2 Å². The summed E-state index contributed by atoms with van der Waals surface area (Å²) in [5.74, 6) is 0.0132. The van der Waals surface area contributed by atoms with Crippen molar-refractivity contribution in [3.05, 3.63) is 40.8 Å². The number of carboxylic acid groups (broad SMARTS) is 1. The van der Waals surface area contributed by atoms with Gasteiger partial charge in [0.15, 0.2) is 0 Å². The molecule has 0 fully saturated rings. The molecule has 4 nitrogen and oxygen atoms in total.